The maximum atomic E-state index is 12.6. The van der Waals surface area contributed by atoms with Crippen molar-refractivity contribution < 1.29 is 29.2 Å². The molecule has 120 valence electrons. The SMILES string of the molecule is COc1ccc([C@@H]2Oc3cc(O)ccc3C(=O)[C@H]2OC)cc1O. The number of carbonyl (C=O) groups is 1. The molecule has 2 atom stereocenters. The zero-order chi connectivity index (χ0) is 16.6. The van der Waals surface area contributed by atoms with Crippen LogP contribution in [0.4, 0.5) is 0 Å². The van der Waals surface area contributed by atoms with Gasteiger partial charge in [-0.25, -0.2) is 0 Å². The zero-order valence-corrected chi connectivity index (χ0v) is 12.6. The molecule has 1 heterocycles. The van der Waals surface area contributed by atoms with Gasteiger partial charge in [-0.05, 0) is 29.8 Å². The van der Waals surface area contributed by atoms with Crippen molar-refractivity contribution in [1.82, 2.24) is 0 Å². The van der Waals surface area contributed by atoms with Crippen LogP contribution < -0.4 is 9.47 Å². The molecule has 0 aromatic heterocycles. The summed E-state index contributed by atoms with van der Waals surface area (Å²) in [4.78, 5) is 12.6. The first-order chi connectivity index (χ1) is 11.0. The van der Waals surface area contributed by atoms with Crippen molar-refractivity contribution >= 4 is 5.78 Å². The Morgan fingerprint density at radius 1 is 1.09 bits per heavy atom. The third-order valence-corrected chi connectivity index (χ3v) is 3.80. The van der Waals surface area contributed by atoms with Gasteiger partial charge in [-0.2, -0.15) is 0 Å². The van der Waals surface area contributed by atoms with E-state index in [9.17, 15) is 15.0 Å². The number of carbonyl (C=O) groups excluding carboxylic acids is 1. The quantitative estimate of drug-likeness (QED) is 0.904. The van der Waals surface area contributed by atoms with Crippen LogP contribution in [0.2, 0.25) is 0 Å². The van der Waals surface area contributed by atoms with Crippen molar-refractivity contribution in [3.8, 4) is 23.0 Å². The average molecular weight is 316 g/mol. The molecule has 6 heteroatoms. The minimum Gasteiger partial charge on any atom is -0.508 e. The first kappa shape index (κ1) is 15.2. The molecule has 6 nitrogen and oxygen atoms in total. The van der Waals surface area contributed by atoms with Gasteiger partial charge in [-0.1, -0.05) is 6.07 Å². The van der Waals surface area contributed by atoms with E-state index < -0.39 is 12.2 Å². The Morgan fingerprint density at radius 2 is 1.87 bits per heavy atom. The highest BCUT2D eigenvalue weighted by molar-refractivity contribution is 6.03. The Bertz CT molecular complexity index is 755. The lowest BCUT2D eigenvalue weighted by molar-refractivity contribution is -0.000759. The Balaban J connectivity index is 2.05. The van der Waals surface area contributed by atoms with Crippen LogP contribution in [0.5, 0.6) is 23.0 Å². The summed E-state index contributed by atoms with van der Waals surface area (Å²) in [6.07, 6.45) is -1.58. The predicted octanol–water partition coefficient (Wildman–Crippen LogP) is 2.44. The predicted molar refractivity (Wildman–Crippen MR) is 81.3 cm³/mol. The topological polar surface area (TPSA) is 85.2 Å². The number of benzene rings is 2. The minimum absolute atomic E-state index is 0.00347. The third kappa shape index (κ3) is 2.57. The number of phenols is 2. The highest BCUT2D eigenvalue weighted by Crippen LogP contribution is 2.40. The molecule has 0 saturated carbocycles. The summed E-state index contributed by atoms with van der Waals surface area (Å²) in [5.41, 5.74) is 0.918. The molecule has 2 N–H and O–H groups in total. The van der Waals surface area contributed by atoms with Gasteiger partial charge < -0.3 is 24.4 Å². The zero-order valence-electron chi connectivity index (χ0n) is 12.6. The van der Waals surface area contributed by atoms with Gasteiger partial charge in [0.1, 0.15) is 11.5 Å². The Morgan fingerprint density at radius 3 is 2.52 bits per heavy atom. The summed E-state index contributed by atoms with van der Waals surface area (Å²) in [6, 6.07) is 9.05. The van der Waals surface area contributed by atoms with Crippen molar-refractivity contribution in [3.05, 3.63) is 47.5 Å². The molecule has 3 rings (SSSR count). The molecule has 0 amide bonds. The minimum atomic E-state index is -0.847. The summed E-state index contributed by atoms with van der Waals surface area (Å²) in [5, 5.41) is 19.5. The van der Waals surface area contributed by atoms with Gasteiger partial charge in [-0.15, -0.1) is 0 Å². The van der Waals surface area contributed by atoms with Gasteiger partial charge in [0, 0.05) is 13.2 Å². The molecule has 2 aromatic rings. The molecule has 0 unspecified atom stereocenters. The molecule has 0 bridgehead atoms. The molecule has 0 spiro atoms. The summed E-state index contributed by atoms with van der Waals surface area (Å²) >= 11 is 0. The molecular formula is C17H16O6. The third-order valence-electron chi connectivity index (χ3n) is 3.80. The van der Waals surface area contributed by atoms with Gasteiger partial charge >= 0.3 is 0 Å². The van der Waals surface area contributed by atoms with Crippen LogP contribution in [0.3, 0.4) is 0 Å². The van der Waals surface area contributed by atoms with E-state index in [1.807, 2.05) is 0 Å². The average Bonchev–Trinajstić information content (AvgIpc) is 2.54. The molecule has 2 aromatic carbocycles. The van der Waals surface area contributed by atoms with Gasteiger partial charge in [0.2, 0.25) is 0 Å². The summed E-state index contributed by atoms with van der Waals surface area (Å²) in [5.74, 6) is 0.307. The molecule has 0 radical (unpaired) electrons. The molecule has 0 fully saturated rings. The lowest BCUT2D eigenvalue weighted by Crippen LogP contribution is -2.37. The van der Waals surface area contributed by atoms with E-state index in [2.05, 4.69) is 0 Å². The summed E-state index contributed by atoms with van der Waals surface area (Å²) in [6.45, 7) is 0. The van der Waals surface area contributed by atoms with E-state index in [4.69, 9.17) is 14.2 Å². The Kier molecular flexibility index (Phi) is 3.83. The molecule has 0 aliphatic carbocycles. The highest BCUT2D eigenvalue weighted by atomic mass is 16.5. The van der Waals surface area contributed by atoms with Crippen LogP contribution in [0, 0.1) is 0 Å². The van der Waals surface area contributed by atoms with Gasteiger partial charge in [0.25, 0.3) is 0 Å². The number of Topliss-reactive ketones (excluding diaryl/α,β-unsaturated/α-hetero) is 1. The molecule has 1 aliphatic heterocycles. The van der Waals surface area contributed by atoms with Crippen LogP contribution >= 0.6 is 0 Å². The van der Waals surface area contributed by atoms with Crippen molar-refractivity contribution in [2.45, 2.75) is 12.2 Å². The van der Waals surface area contributed by atoms with E-state index in [0.29, 0.717) is 16.9 Å². The first-order valence-electron chi connectivity index (χ1n) is 6.98. The van der Waals surface area contributed by atoms with Crippen LogP contribution in [0.1, 0.15) is 22.0 Å². The largest absolute Gasteiger partial charge is 0.508 e. The van der Waals surface area contributed by atoms with Crippen LogP contribution in [-0.2, 0) is 4.74 Å². The molecular weight excluding hydrogens is 300 g/mol. The highest BCUT2D eigenvalue weighted by Gasteiger charge is 2.38. The summed E-state index contributed by atoms with van der Waals surface area (Å²) in [7, 11) is 2.88. The van der Waals surface area contributed by atoms with Gasteiger partial charge in [0.15, 0.2) is 29.5 Å². The number of ether oxygens (including phenoxy) is 3. The van der Waals surface area contributed by atoms with Crippen LogP contribution in [0.25, 0.3) is 0 Å². The summed E-state index contributed by atoms with van der Waals surface area (Å²) < 4.78 is 16.2. The van der Waals surface area contributed by atoms with E-state index in [1.54, 1.807) is 12.1 Å². The Labute approximate surface area is 132 Å². The number of ketones is 1. The number of hydrogen-bond acceptors (Lipinski definition) is 6. The number of aromatic hydroxyl groups is 2. The van der Waals surface area contributed by atoms with Crippen molar-refractivity contribution in [1.29, 1.82) is 0 Å². The molecule has 23 heavy (non-hydrogen) atoms. The van der Waals surface area contributed by atoms with E-state index in [1.165, 1.54) is 38.5 Å². The standard InChI is InChI=1S/C17H16O6/c1-21-13-6-3-9(7-12(13)19)16-17(22-2)15(20)11-5-4-10(18)8-14(11)23-16/h3-8,16-19H,1-2H3/t16-,17+/m0/s1. The van der Waals surface area contributed by atoms with Crippen molar-refractivity contribution in [3.63, 3.8) is 0 Å². The fourth-order valence-corrected chi connectivity index (χ4v) is 2.66. The Hall–Kier alpha value is -2.73. The maximum Gasteiger partial charge on any atom is 0.199 e. The number of rotatable bonds is 3. The monoisotopic (exact) mass is 316 g/mol. The van der Waals surface area contributed by atoms with E-state index in [-0.39, 0.29) is 23.0 Å². The van der Waals surface area contributed by atoms with Gasteiger partial charge in [-0.3, -0.25) is 4.79 Å². The maximum absolute atomic E-state index is 12.6. The molecule has 1 aliphatic rings. The van der Waals surface area contributed by atoms with Crippen LogP contribution in [-0.4, -0.2) is 36.3 Å². The van der Waals surface area contributed by atoms with Crippen molar-refractivity contribution in [2.75, 3.05) is 14.2 Å². The second-order valence-corrected chi connectivity index (χ2v) is 5.17. The van der Waals surface area contributed by atoms with Crippen LogP contribution in [0.15, 0.2) is 36.4 Å². The lowest BCUT2D eigenvalue weighted by atomic mass is 9.93. The second kappa shape index (κ2) is 5.81. The second-order valence-electron chi connectivity index (χ2n) is 5.17. The van der Waals surface area contributed by atoms with E-state index in [0.717, 1.165) is 0 Å². The normalized spacial score (nSPS) is 19.8. The van der Waals surface area contributed by atoms with Crippen molar-refractivity contribution in [2.24, 2.45) is 0 Å². The molecule has 0 saturated heterocycles. The fourth-order valence-electron chi connectivity index (χ4n) is 2.66. The first-order valence-corrected chi connectivity index (χ1v) is 6.98. The smallest absolute Gasteiger partial charge is 0.199 e. The van der Waals surface area contributed by atoms with E-state index >= 15 is 0 Å². The number of hydrogen-bond donors (Lipinski definition) is 2. The lowest BCUT2D eigenvalue weighted by Gasteiger charge is -2.32. The number of methoxy groups -OCH3 is 2. The number of fused-ring (bicyclic) bond motifs is 1. The fraction of sp³-hybridized carbons (Fsp3) is 0.235. The van der Waals surface area contributed by atoms with Gasteiger partial charge in [0.05, 0.1) is 12.7 Å². The number of phenolic OH excluding ortho intramolecular Hbond substituents is 2.